The minimum atomic E-state index is 0.923. The molecule has 2 fully saturated rings. The molecular weight excluding hydrogens is 288 g/mol. The quantitative estimate of drug-likeness (QED) is 0.515. The molecule has 0 N–H and O–H groups in total. The average Bonchev–Trinajstić information content (AvgIpc) is 2.65. The third-order valence-corrected chi connectivity index (χ3v) is 6.92. The lowest BCUT2D eigenvalue weighted by atomic mass is 9.72. The van der Waals surface area contributed by atoms with Crippen LogP contribution in [0.2, 0.25) is 0 Å². The van der Waals surface area contributed by atoms with E-state index in [1.54, 1.807) is 0 Å². The molecule has 0 unspecified atom stereocenters. The first kappa shape index (κ1) is 17.8. The second kappa shape index (κ2) is 8.88. The lowest BCUT2D eigenvalue weighted by molar-refractivity contribution is 0.189. The van der Waals surface area contributed by atoms with Crippen LogP contribution in [0.25, 0.3) is 6.08 Å². The Labute approximate surface area is 149 Å². The van der Waals surface area contributed by atoms with Crippen molar-refractivity contribution in [3.8, 4) is 0 Å². The first-order chi connectivity index (χ1) is 11.8. The van der Waals surface area contributed by atoms with E-state index in [9.17, 15) is 0 Å². The Kier molecular flexibility index (Phi) is 6.58. The first-order valence-corrected chi connectivity index (χ1v) is 10.5. The number of rotatable bonds is 6. The molecule has 0 heteroatoms. The molecule has 0 aliphatic heterocycles. The van der Waals surface area contributed by atoms with Crippen LogP contribution in [0.4, 0.5) is 0 Å². The Bertz CT molecular complexity index is 481. The van der Waals surface area contributed by atoms with Crippen LogP contribution in [0.5, 0.6) is 0 Å². The molecule has 0 radical (unpaired) electrons. The Morgan fingerprint density at radius 3 is 1.79 bits per heavy atom. The van der Waals surface area contributed by atoms with E-state index >= 15 is 0 Å². The lowest BCUT2D eigenvalue weighted by Gasteiger charge is -2.34. The molecule has 0 heterocycles. The van der Waals surface area contributed by atoms with Crippen LogP contribution in [0.1, 0.15) is 82.3 Å². The van der Waals surface area contributed by atoms with Gasteiger partial charge in [0.1, 0.15) is 0 Å². The number of hydrogen-bond acceptors (Lipinski definition) is 0. The fourth-order valence-electron chi connectivity index (χ4n) is 5.14. The van der Waals surface area contributed by atoms with Crippen molar-refractivity contribution in [3.05, 3.63) is 42.0 Å². The summed E-state index contributed by atoms with van der Waals surface area (Å²) in [5, 5.41) is 0. The van der Waals surface area contributed by atoms with Gasteiger partial charge in [-0.15, -0.1) is 0 Å². The second-order valence-corrected chi connectivity index (χ2v) is 8.57. The molecule has 0 bridgehead atoms. The maximum Gasteiger partial charge on any atom is -0.0250 e. The van der Waals surface area contributed by atoms with Crippen molar-refractivity contribution < 1.29 is 0 Å². The van der Waals surface area contributed by atoms with Gasteiger partial charge in [-0.1, -0.05) is 88.8 Å². The lowest BCUT2D eigenvalue weighted by Crippen LogP contribution is -2.21. The highest BCUT2D eigenvalue weighted by Crippen LogP contribution is 2.39. The zero-order valence-corrected chi connectivity index (χ0v) is 15.7. The number of benzene rings is 1. The molecule has 2 saturated carbocycles. The molecule has 0 nitrogen and oxygen atoms in total. The predicted octanol–water partition coefficient (Wildman–Crippen LogP) is 7.29. The van der Waals surface area contributed by atoms with E-state index in [-0.39, 0.29) is 0 Å². The zero-order valence-electron chi connectivity index (χ0n) is 15.7. The van der Waals surface area contributed by atoms with Gasteiger partial charge in [-0.3, -0.25) is 0 Å². The summed E-state index contributed by atoms with van der Waals surface area (Å²) >= 11 is 0. The topological polar surface area (TPSA) is 0 Å². The maximum absolute atomic E-state index is 3.84. The van der Waals surface area contributed by atoms with E-state index in [1.165, 1.54) is 81.8 Å². The summed E-state index contributed by atoms with van der Waals surface area (Å²) in [7, 11) is 0. The van der Waals surface area contributed by atoms with E-state index < -0.39 is 0 Å². The van der Waals surface area contributed by atoms with E-state index in [4.69, 9.17) is 0 Å². The van der Waals surface area contributed by atoms with Crippen molar-refractivity contribution in [1.82, 2.24) is 0 Å². The molecule has 0 amide bonds. The predicted molar refractivity (Wildman–Crippen MR) is 106 cm³/mol. The summed E-state index contributed by atoms with van der Waals surface area (Å²) in [6, 6.07) is 9.02. The normalized spacial score (nSPS) is 30.9. The van der Waals surface area contributed by atoms with E-state index in [0.29, 0.717) is 0 Å². The zero-order chi connectivity index (χ0) is 16.8. The van der Waals surface area contributed by atoms with Crippen LogP contribution >= 0.6 is 0 Å². The molecule has 3 rings (SSSR count). The van der Waals surface area contributed by atoms with Crippen LogP contribution in [-0.2, 0) is 6.42 Å². The van der Waals surface area contributed by atoms with Gasteiger partial charge >= 0.3 is 0 Å². The molecule has 0 aromatic heterocycles. The summed E-state index contributed by atoms with van der Waals surface area (Å²) in [4.78, 5) is 0. The van der Waals surface area contributed by atoms with Gasteiger partial charge in [-0.05, 0) is 60.5 Å². The average molecular weight is 325 g/mol. The summed E-state index contributed by atoms with van der Waals surface area (Å²) in [6.07, 6.45) is 18.1. The molecule has 0 atom stereocenters. The standard InChI is InChI=1S/C24H36/c1-3-19-5-9-21(10-6-19)17-23-13-15-24(16-14-23)18-22-11-7-20(4-2)8-12-22/h3,5-6,9-10,20,22-24H,1,4,7-8,11-18H2,2H3. The monoisotopic (exact) mass is 324 g/mol. The van der Waals surface area contributed by atoms with Crippen LogP contribution < -0.4 is 0 Å². The van der Waals surface area contributed by atoms with Crippen LogP contribution in [0.3, 0.4) is 0 Å². The fourth-order valence-corrected chi connectivity index (χ4v) is 5.14. The van der Waals surface area contributed by atoms with Crippen molar-refractivity contribution in [3.63, 3.8) is 0 Å². The van der Waals surface area contributed by atoms with E-state index in [0.717, 1.165) is 23.7 Å². The third-order valence-electron chi connectivity index (χ3n) is 6.92. The third kappa shape index (κ3) is 4.98. The van der Waals surface area contributed by atoms with Gasteiger partial charge in [0, 0.05) is 0 Å². The highest BCUT2D eigenvalue weighted by atomic mass is 14.3. The van der Waals surface area contributed by atoms with Gasteiger partial charge in [0.25, 0.3) is 0 Å². The van der Waals surface area contributed by atoms with E-state index in [1.807, 2.05) is 6.08 Å². The number of hydrogen-bond donors (Lipinski definition) is 0. The summed E-state index contributed by atoms with van der Waals surface area (Å²) < 4.78 is 0. The molecule has 132 valence electrons. The fraction of sp³-hybridized carbons (Fsp3) is 0.667. The van der Waals surface area contributed by atoms with Gasteiger partial charge < -0.3 is 0 Å². The van der Waals surface area contributed by atoms with Crippen molar-refractivity contribution in [2.24, 2.45) is 23.7 Å². The van der Waals surface area contributed by atoms with Crippen molar-refractivity contribution >= 4 is 6.08 Å². The maximum atomic E-state index is 3.84. The Balaban J connectivity index is 1.38. The van der Waals surface area contributed by atoms with E-state index in [2.05, 4.69) is 37.8 Å². The second-order valence-electron chi connectivity index (χ2n) is 8.57. The Morgan fingerprint density at radius 2 is 1.29 bits per heavy atom. The Morgan fingerprint density at radius 1 is 0.792 bits per heavy atom. The molecule has 24 heavy (non-hydrogen) atoms. The molecular formula is C24H36. The van der Waals surface area contributed by atoms with Gasteiger partial charge in [0.15, 0.2) is 0 Å². The minimum absolute atomic E-state index is 0.923. The minimum Gasteiger partial charge on any atom is -0.0985 e. The summed E-state index contributed by atoms with van der Waals surface area (Å²) in [6.45, 7) is 6.21. The van der Waals surface area contributed by atoms with Gasteiger partial charge in [0.2, 0.25) is 0 Å². The van der Waals surface area contributed by atoms with Crippen LogP contribution in [0.15, 0.2) is 30.8 Å². The highest BCUT2D eigenvalue weighted by molar-refractivity contribution is 5.47. The van der Waals surface area contributed by atoms with Crippen molar-refractivity contribution in [2.75, 3.05) is 0 Å². The van der Waals surface area contributed by atoms with Crippen LogP contribution in [-0.4, -0.2) is 0 Å². The summed E-state index contributed by atoms with van der Waals surface area (Å²) in [5.41, 5.74) is 2.75. The van der Waals surface area contributed by atoms with Gasteiger partial charge in [-0.2, -0.15) is 0 Å². The molecule has 0 spiro atoms. The first-order valence-electron chi connectivity index (χ1n) is 10.5. The SMILES string of the molecule is C=Cc1ccc(CC2CCC(CC3CCC(CC)CC3)CC2)cc1. The van der Waals surface area contributed by atoms with Gasteiger partial charge in [0.05, 0.1) is 0 Å². The molecule has 0 saturated heterocycles. The summed E-state index contributed by atoms with van der Waals surface area (Å²) in [5.74, 6) is 4.06. The highest BCUT2D eigenvalue weighted by Gasteiger charge is 2.26. The molecule has 1 aromatic carbocycles. The Hall–Kier alpha value is -1.04. The van der Waals surface area contributed by atoms with Crippen molar-refractivity contribution in [1.29, 1.82) is 0 Å². The molecule has 1 aromatic rings. The largest absolute Gasteiger partial charge is 0.0985 e. The van der Waals surface area contributed by atoms with Gasteiger partial charge in [-0.25, -0.2) is 0 Å². The molecule has 2 aliphatic carbocycles. The van der Waals surface area contributed by atoms with Crippen molar-refractivity contribution in [2.45, 2.75) is 77.6 Å². The molecule has 2 aliphatic rings. The smallest absolute Gasteiger partial charge is 0.0250 e. The van der Waals surface area contributed by atoms with Crippen LogP contribution in [0, 0.1) is 23.7 Å².